The standard InChI is InChI=1S/C14H23N3O3/c1-4-19-14(18)17-7-5-6-16(8-9-17)10-13-11(2)15-20-12(13)3/h4-10H2,1-3H3. The van der Waals surface area contributed by atoms with E-state index in [9.17, 15) is 4.79 Å². The van der Waals surface area contributed by atoms with Gasteiger partial charge in [0.1, 0.15) is 5.76 Å². The van der Waals surface area contributed by atoms with Gasteiger partial charge in [-0.1, -0.05) is 5.16 Å². The molecule has 1 aliphatic rings. The third kappa shape index (κ3) is 3.50. The summed E-state index contributed by atoms with van der Waals surface area (Å²) in [7, 11) is 0. The van der Waals surface area contributed by atoms with E-state index in [2.05, 4.69) is 10.1 Å². The number of aromatic nitrogens is 1. The Morgan fingerprint density at radius 1 is 1.30 bits per heavy atom. The van der Waals surface area contributed by atoms with Crippen LogP contribution in [0.25, 0.3) is 0 Å². The molecule has 0 unspecified atom stereocenters. The van der Waals surface area contributed by atoms with Crippen LogP contribution in [-0.2, 0) is 11.3 Å². The summed E-state index contributed by atoms with van der Waals surface area (Å²) in [6.07, 6.45) is 0.758. The van der Waals surface area contributed by atoms with Gasteiger partial charge in [-0.05, 0) is 27.2 Å². The van der Waals surface area contributed by atoms with E-state index in [0.29, 0.717) is 13.2 Å². The molecule has 0 aromatic carbocycles. The molecule has 6 heteroatoms. The van der Waals surface area contributed by atoms with Crippen LogP contribution in [0.15, 0.2) is 4.52 Å². The van der Waals surface area contributed by atoms with E-state index in [1.54, 1.807) is 4.90 Å². The number of hydrogen-bond acceptors (Lipinski definition) is 5. The minimum Gasteiger partial charge on any atom is -0.450 e. The van der Waals surface area contributed by atoms with Crippen LogP contribution in [0.4, 0.5) is 4.79 Å². The highest BCUT2D eigenvalue weighted by Crippen LogP contribution is 2.16. The van der Waals surface area contributed by atoms with Crippen LogP contribution in [-0.4, -0.2) is 53.8 Å². The molecule has 0 spiro atoms. The second-order valence-corrected chi connectivity index (χ2v) is 5.12. The number of ether oxygens (including phenoxy) is 1. The van der Waals surface area contributed by atoms with E-state index in [-0.39, 0.29) is 6.09 Å². The van der Waals surface area contributed by atoms with Gasteiger partial charge in [-0.15, -0.1) is 0 Å². The summed E-state index contributed by atoms with van der Waals surface area (Å²) in [4.78, 5) is 15.9. The molecule has 1 fully saturated rings. The Morgan fingerprint density at radius 3 is 2.75 bits per heavy atom. The molecule has 2 heterocycles. The number of nitrogens with zero attached hydrogens (tertiary/aromatic N) is 3. The van der Waals surface area contributed by atoms with Gasteiger partial charge >= 0.3 is 6.09 Å². The van der Waals surface area contributed by atoms with Crippen molar-refractivity contribution in [3.05, 3.63) is 17.0 Å². The Bertz CT molecular complexity index is 439. The van der Waals surface area contributed by atoms with Crippen molar-refractivity contribution in [2.75, 3.05) is 32.8 Å². The Labute approximate surface area is 119 Å². The van der Waals surface area contributed by atoms with Gasteiger partial charge in [0.05, 0.1) is 12.3 Å². The number of rotatable bonds is 3. The summed E-state index contributed by atoms with van der Waals surface area (Å²) in [5, 5.41) is 3.99. The van der Waals surface area contributed by atoms with Gasteiger partial charge in [-0.3, -0.25) is 4.90 Å². The molecule has 0 saturated carbocycles. The maximum absolute atomic E-state index is 11.7. The SMILES string of the molecule is CCOC(=O)N1CCCN(Cc2c(C)noc2C)CC1. The number of carbonyl (C=O) groups excluding carboxylic acids is 1. The lowest BCUT2D eigenvalue weighted by atomic mass is 10.2. The lowest BCUT2D eigenvalue weighted by Gasteiger charge is -2.21. The highest BCUT2D eigenvalue weighted by Gasteiger charge is 2.21. The summed E-state index contributed by atoms with van der Waals surface area (Å²) < 4.78 is 10.3. The van der Waals surface area contributed by atoms with Gasteiger partial charge < -0.3 is 14.2 Å². The average molecular weight is 281 g/mol. The zero-order chi connectivity index (χ0) is 14.5. The summed E-state index contributed by atoms with van der Waals surface area (Å²) >= 11 is 0. The molecule has 112 valence electrons. The quantitative estimate of drug-likeness (QED) is 0.847. The maximum atomic E-state index is 11.7. The van der Waals surface area contributed by atoms with Crippen molar-refractivity contribution in [3.8, 4) is 0 Å². The van der Waals surface area contributed by atoms with Crippen LogP contribution in [0.1, 0.15) is 30.4 Å². The van der Waals surface area contributed by atoms with Crippen LogP contribution in [0.3, 0.4) is 0 Å². The third-order valence-electron chi connectivity index (χ3n) is 3.68. The van der Waals surface area contributed by atoms with Gasteiger partial charge in [0.25, 0.3) is 0 Å². The van der Waals surface area contributed by atoms with Crippen LogP contribution in [0.2, 0.25) is 0 Å². The molecule has 0 radical (unpaired) electrons. The Hall–Kier alpha value is -1.56. The van der Waals surface area contributed by atoms with Crippen molar-refractivity contribution in [2.45, 2.75) is 33.7 Å². The third-order valence-corrected chi connectivity index (χ3v) is 3.68. The van der Waals surface area contributed by atoms with Crippen molar-refractivity contribution in [3.63, 3.8) is 0 Å². The van der Waals surface area contributed by atoms with Crippen LogP contribution in [0.5, 0.6) is 0 Å². The molecule has 1 amide bonds. The lowest BCUT2D eigenvalue weighted by molar-refractivity contribution is 0.108. The highest BCUT2D eigenvalue weighted by atomic mass is 16.6. The van der Waals surface area contributed by atoms with Crippen molar-refractivity contribution in [1.29, 1.82) is 0 Å². The number of aryl methyl sites for hydroxylation is 2. The second kappa shape index (κ2) is 6.74. The van der Waals surface area contributed by atoms with E-state index in [1.807, 2.05) is 20.8 Å². The number of hydrogen-bond donors (Lipinski definition) is 0. The van der Waals surface area contributed by atoms with Crippen molar-refractivity contribution < 1.29 is 14.1 Å². The normalized spacial score (nSPS) is 17.1. The molecule has 20 heavy (non-hydrogen) atoms. The van der Waals surface area contributed by atoms with Crippen molar-refractivity contribution in [1.82, 2.24) is 15.0 Å². The molecule has 1 aliphatic heterocycles. The summed E-state index contributed by atoms with van der Waals surface area (Å²) in [6, 6.07) is 0. The summed E-state index contributed by atoms with van der Waals surface area (Å²) in [5.74, 6) is 0.883. The minimum atomic E-state index is -0.202. The summed E-state index contributed by atoms with van der Waals surface area (Å²) in [5.41, 5.74) is 2.11. The lowest BCUT2D eigenvalue weighted by Crippen LogP contribution is -2.35. The molecule has 1 saturated heterocycles. The van der Waals surface area contributed by atoms with Crippen molar-refractivity contribution in [2.24, 2.45) is 0 Å². The smallest absolute Gasteiger partial charge is 0.409 e. The molecular formula is C14H23N3O3. The van der Waals surface area contributed by atoms with Gasteiger partial charge in [0.2, 0.25) is 0 Å². The first-order valence-electron chi connectivity index (χ1n) is 7.17. The van der Waals surface area contributed by atoms with E-state index in [1.165, 1.54) is 0 Å². The fourth-order valence-electron chi connectivity index (χ4n) is 2.48. The summed E-state index contributed by atoms with van der Waals surface area (Å²) in [6.45, 7) is 10.3. The topological polar surface area (TPSA) is 58.8 Å². The molecule has 2 rings (SSSR count). The zero-order valence-corrected chi connectivity index (χ0v) is 12.5. The van der Waals surface area contributed by atoms with E-state index >= 15 is 0 Å². The predicted octanol–water partition coefficient (Wildman–Crippen LogP) is 1.96. The molecule has 1 aromatic heterocycles. The molecule has 0 aliphatic carbocycles. The van der Waals surface area contributed by atoms with Gasteiger partial charge in [0.15, 0.2) is 0 Å². The molecule has 0 atom stereocenters. The molecule has 1 aromatic rings. The van der Waals surface area contributed by atoms with Crippen LogP contribution < -0.4 is 0 Å². The molecule has 0 bridgehead atoms. The second-order valence-electron chi connectivity index (χ2n) is 5.12. The van der Waals surface area contributed by atoms with Crippen molar-refractivity contribution >= 4 is 6.09 Å². The first kappa shape index (κ1) is 14.8. The average Bonchev–Trinajstić information content (AvgIpc) is 2.65. The fourth-order valence-corrected chi connectivity index (χ4v) is 2.48. The van der Waals surface area contributed by atoms with E-state index in [0.717, 1.165) is 49.6 Å². The Morgan fingerprint density at radius 2 is 2.10 bits per heavy atom. The molecule has 6 nitrogen and oxygen atoms in total. The maximum Gasteiger partial charge on any atom is 0.409 e. The zero-order valence-electron chi connectivity index (χ0n) is 12.5. The molecular weight excluding hydrogens is 258 g/mol. The minimum absolute atomic E-state index is 0.202. The highest BCUT2D eigenvalue weighted by molar-refractivity contribution is 5.67. The monoisotopic (exact) mass is 281 g/mol. The Balaban J connectivity index is 1.91. The Kier molecular flexibility index (Phi) is 5.00. The van der Waals surface area contributed by atoms with Crippen LogP contribution in [0, 0.1) is 13.8 Å². The molecule has 0 N–H and O–H groups in total. The van der Waals surface area contributed by atoms with E-state index in [4.69, 9.17) is 9.26 Å². The largest absolute Gasteiger partial charge is 0.450 e. The van der Waals surface area contributed by atoms with Gasteiger partial charge in [-0.2, -0.15) is 0 Å². The van der Waals surface area contributed by atoms with Gasteiger partial charge in [0, 0.05) is 38.3 Å². The fraction of sp³-hybridized carbons (Fsp3) is 0.714. The van der Waals surface area contributed by atoms with E-state index < -0.39 is 0 Å². The predicted molar refractivity (Wildman–Crippen MR) is 74.5 cm³/mol. The first-order chi connectivity index (χ1) is 9.61. The van der Waals surface area contributed by atoms with Crippen LogP contribution >= 0.6 is 0 Å². The number of carbonyl (C=O) groups is 1. The van der Waals surface area contributed by atoms with Gasteiger partial charge in [-0.25, -0.2) is 4.79 Å². The number of amides is 1. The first-order valence-corrected chi connectivity index (χ1v) is 7.17.